The van der Waals surface area contributed by atoms with Crippen molar-refractivity contribution in [1.82, 2.24) is 0 Å². The molecule has 124 valence electrons. The van der Waals surface area contributed by atoms with Crippen LogP contribution >= 0.6 is 0 Å². The SMILES string of the molecule is COCc1ccc(OC)cc1NS(=O)(=O)c1cc(C)ccc1C. The van der Waals surface area contributed by atoms with Gasteiger partial charge in [-0.1, -0.05) is 18.2 Å². The Morgan fingerprint density at radius 2 is 1.78 bits per heavy atom. The van der Waals surface area contributed by atoms with Gasteiger partial charge in [0.05, 0.1) is 24.3 Å². The largest absolute Gasteiger partial charge is 0.497 e. The number of hydrogen-bond donors (Lipinski definition) is 1. The normalized spacial score (nSPS) is 11.3. The van der Waals surface area contributed by atoms with Crippen LogP contribution < -0.4 is 9.46 Å². The molecule has 0 spiro atoms. The van der Waals surface area contributed by atoms with Crippen molar-refractivity contribution < 1.29 is 17.9 Å². The summed E-state index contributed by atoms with van der Waals surface area (Å²) in [6.45, 7) is 3.94. The first-order chi connectivity index (χ1) is 10.9. The summed E-state index contributed by atoms with van der Waals surface area (Å²) in [4.78, 5) is 0.267. The second kappa shape index (κ2) is 7.02. The first-order valence-electron chi connectivity index (χ1n) is 7.13. The zero-order valence-electron chi connectivity index (χ0n) is 13.7. The molecule has 0 aliphatic carbocycles. The number of methoxy groups -OCH3 is 2. The average molecular weight is 335 g/mol. The van der Waals surface area contributed by atoms with Gasteiger partial charge in [0, 0.05) is 18.7 Å². The summed E-state index contributed by atoms with van der Waals surface area (Å²) in [6.07, 6.45) is 0. The lowest BCUT2D eigenvalue weighted by atomic mass is 10.2. The Bertz CT molecular complexity index is 800. The van der Waals surface area contributed by atoms with Gasteiger partial charge in [-0.2, -0.15) is 0 Å². The molecule has 0 heterocycles. The molecule has 1 N–H and O–H groups in total. The van der Waals surface area contributed by atoms with Crippen LogP contribution in [0.25, 0.3) is 0 Å². The van der Waals surface area contributed by atoms with Crippen LogP contribution in [0, 0.1) is 13.8 Å². The third-order valence-corrected chi connectivity index (χ3v) is 5.00. The van der Waals surface area contributed by atoms with Crippen molar-refractivity contribution in [1.29, 1.82) is 0 Å². The van der Waals surface area contributed by atoms with E-state index in [0.29, 0.717) is 23.6 Å². The molecule has 0 bridgehead atoms. The van der Waals surface area contributed by atoms with Crippen LogP contribution in [0.5, 0.6) is 5.75 Å². The summed E-state index contributed by atoms with van der Waals surface area (Å²) in [7, 11) is -0.595. The summed E-state index contributed by atoms with van der Waals surface area (Å²) < 4.78 is 38.4. The van der Waals surface area contributed by atoms with Crippen molar-refractivity contribution in [2.75, 3.05) is 18.9 Å². The van der Waals surface area contributed by atoms with Crippen molar-refractivity contribution in [3.63, 3.8) is 0 Å². The second-order valence-electron chi connectivity index (χ2n) is 5.33. The van der Waals surface area contributed by atoms with E-state index >= 15 is 0 Å². The molecule has 0 saturated heterocycles. The predicted octanol–water partition coefficient (Wildman–Crippen LogP) is 3.26. The van der Waals surface area contributed by atoms with Crippen LogP contribution in [-0.2, 0) is 21.4 Å². The zero-order valence-corrected chi connectivity index (χ0v) is 14.5. The number of nitrogens with one attached hydrogen (secondary N) is 1. The number of benzene rings is 2. The lowest BCUT2D eigenvalue weighted by molar-refractivity contribution is 0.185. The van der Waals surface area contributed by atoms with E-state index in [1.807, 2.05) is 13.0 Å². The molecule has 0 aliphatic rings. The molecule has 0 aromatic heterocycles. The van der Waals surface area contributed by atoms with Crippen LogP contribution in [0.4, 0.5) is 5.69 Å². The molecule has 0 amide bonds. The highest BCUT2D eigenvalue weighted by Gasteiger charge is 2.19. The Balaban J connectivity index is 2.45. The predicted molar refractivity (Wildman–Crippen MR) is 90.4 cm³/mol. The lowest BCUT2D eigenvalue weighted by Gasteiger charge is -2.15. The van der Waals surface area contributed by atoms with Gasteiger partial charge < -0.3 is 9.47 Å². The van der Waals surface area contributed by atoms with Crippen LogP contribution in [-0.4, -0.2) is 22.6 Å². The van der Waals surface area contributed by atoms with Crippen LogP contribution in [0.1, 0.15) is 16.7 Å². The number of sulfonamides is 1. The van der Waals surface area contributed by atoms with Gasteiger partial charge >= 0.3 is 0 Å². The van der Waals surface area contributed by atoms with Crippen molar-refractivity contribution in [2.45, 2.75) is 25.3 Å². The third-order valence-electron chi connectivity index (χ3n) is 3.49. The molecule has 6 heteroatoms. The fraction of sp³-hybridized carbons (Fsp3) is 0.294. The summed E-state index contributed by atoms with van der Waals surface area (Å²) in [5, 5.41) is 0. The van der Waals surface area contributed by atoms with Gasteiger partial charge in [0.25, 0.3) is 10.0 Å². The Hall–Kier alpha value is -2.05. The van der Waals surface area contributed by atoms with Gasteiger partial charge in [-0.05, 0) is 37.1 Å². The summed E-state index contributed by atoms with van der Waals surface area (Å²) in [6, 6.07) is 10.5. The van der Waals surface area contributed by atoms with Crippen LogP contribution in [0.3, 0.4) is 0 Å². The molecule has 2 aromatic carbocycles. The Morgan fingerprint density at radius 1 is 1.04 bits per heavy atom. The average Bonchev–Trinajstić information content (AvgIpc) is 2.51. The number of ether oxygens (including phenoxy) is 2. The molecular weight excluding hydrogens is 314 g/mol. The van der Waals surface area contributed by atoms with Gasteiger partial charge in [-0.15, -0.1) is 0 Å². The van der Waals surface area contributed by atoms with E-state index < -0.39 is 10.0 Å². The highest BCUT2D eigenvalue weighted by molar-refractivity contribution is 7.92. The van der Waals surface area contributed by atoms with Gasteiger partial charge in [0.2, 0.25) is 0 Å². The molecule has 23 heavy (non-hydrogen) atoms. The minimum Gasteiger partial charge on any atom is -0.497 e. The minimum absolute atomic E-state index is 0.267. The molecular formula is C17H21NO4S. The standard InChI is InChI=1S/C17H21NO4S/c1-12-5-6-13(2)17(9-12)23(19,20)18-16-10-15(22-4)8-7-14(16)11-21-3/h5-10,18H,11H2,1-4H3. The van der Waals surface area contributed by atoms with E-state index in [1.165, 1.54) is 7.11 Å². The highest BCUT2D eigenvalue weighted by Crippen LogP contribution is 2.27. The number of anilines is 1. The molecule has 0 unspecified atom stereocenters. The topological polar surface area (TPSA) is 64.6 Å². The minimum atomic E-state index is -3.69. The molecule has 2 aromatic rings. The first-order valence-corrected chi connectivity index (χ1v) is 8.61. The van der Waals surface area contributed by atoms with Crippen molar-refractivity contribution >= 4 is 15.7 Å². The molecule has 2 rings (SSSR count). The van der Waals surface area contributed by atoms with E-state index in [4.69, 9.17) is 9.47 Å². The summed E-state index contributed by atoms with van der Waals surface area (Å²) >= 11 is 0. The smallest absolute Gasteiger partial charge is 0.262 e. The van der Waals surface area contributed by atoms with Gasteiger partial charge in [0.15, 0.2) is 0 Å². The van der Waals surface area contributed by atoms with Gasteiger partial charge in [-0.25, -0.2) is 8.42 Å². The van der Waals surface area contributed by atoms with Gasteiger partial charge in [-0.3, -0.25) is 4.72 Å². The van der Waals surface area contributed by atoms with E-state index in [9.17, 15) is 8.42 Å². The molecule has 0 atom stereocenters. The van der Waals surface area contributed by atoms with Gasteiger partial charge in [0.1, 0.15) is 5.75 Å². The second-order valence-corrected chi connectivity index (χ2v) is 6.98. The number of hydrogen-bond acceptors (Lipinski definition) is 4. The fourth-order valence-electron chi connectivity index (χ4n) is 2.26. The molecule has 5 nitrogen and oxygen atoms in total. The maximum atomic E-state index is 12.7. The summed E-state index contributed by atoms with van der Waals surface area (Å²) in [5.41, 5.74) is 2.77. The Morgan fingerprint density at radius 3 is 2.43 bits per heavy atom. The third kappa shape index (κ3) is 4.03. The van der Waals surface area contributed by atoms with Crippen molar-refractivity contribution in [3.05, 3.63) is 53.1 Å². The quantitative estimate of drug-likeness (QED) is 0.880. The highest BCUT2D eigenvalue weighted by atomic mass is 32.2. The number of aryl methyl sites for hydroxylation is 2. The number of rotatable bonds is 6. The molecule has 0 aliphatic heterocycles. The first kappa shape index (κ1) is 17.3. The zero-order chi connectivity index (χ0) is 17.0. The van der Waals surface area contributed by atoms with Crippen LogP contribution in [0.2, 0.25) is 0 Å². The maximum Gasteiger partial charge on any atom is 0.262 e. The van der Waals surface area contributed by atoms with Crippen molar-refractivity contribution in [2.24, 2.45) is 0 Å². The maximum absolute atomic E-state index is 12.7. The Labute approximate surface area is 137 Å². The molecule has 0 fully saturated rings. The van der Waals surface area contributed by atoms with E-state index in [-0.39, 0.29) is 4.90 Å². The molecule has 0 radical (unpaired) electrons. The van der Waals surface area contributed by atoms with E-state index in [2.05, 4.69) is 4.72 Å². The Kier molecular flexibility index (Phi) is 5.28. The monoisotopic (exact) mass is 335 g/mol. The van der Waals surface area contributed by atoms with Crippen molar-refractivity contribution in [3.8, 4) is 5.75 Å². The lowest BCUT2D eigenvalue weighted by Crippen LogP contribution is -2.16. The summed E-state index contributed by atoms with van der Waals surface area (Å²) in [5.74, 6) is 0.573. The van der Waals surface area contributed by atoms with Crippen LogP contribution in [0.15, 0.2) is 41.3 Å². The molecule has 0 saturated carbocycles. The van der Waals surface area contributed by atoms with E-state index in [0.717, 1.165) is 11.1 Å². The fourth-order valence-corrected chi connectivity index (χ4v) is 3.68. The van der Waals surface area contributed by atoms with E-state index in [1.54, 1.807) is 44.4 Å².